The lowest BCUT2D eigenvalue weighted by Gasteiger charge is -2.07. The molecular weight excluding hydrogens is 288 g/mol. The van der Waals surface area contributed by atoms with Crippen LogP contribution in [-0.2, 0) is 13.0 Å². The molecule has 110 valence electrons. The number of aromatic carboxylic acids is 1. The van der Waals surface area contributed by atoms with E-state index in [9.17, 15) is 9.59 Å². The minimum absolute atomic E-state index is 0.0995. The molecule has 0 fully saturated rings. The summed E-state index contributed by atoms with van der Waals surface area (Å²) in [5, 5.41) is 16.2. The minimum Gasteiger partial charge on any atom is -0.478 e. The number of anilines is 1. The van der Waals surface area contributed by atoms with E-state index in [-0.39, 0.29) is 5.56 Å². The van der Waals surface area contributed by atoms with Crippen LogP contribution in [0.5, 0.6) is 0 Å². The van der Waals surface area contributed by atoms with Crippen molar-refractivity contribution < 1.29 is 14.7 Å². The van der Waals surface area contributed by atoms with Gasteiger partial charge in [0, 0.05) is 6.54 Å². The lowest BCUT2D eigenvalue weighted by Crippen LogP contribution is -2.28. The van der Waals surface area contributed by atoms with Gasteiger partial charge in [-0.1, -0.05) is 31.2 Å². The number of carbonyl (C=O) groups is 2. The third kappa shape index (κ3) is 4.06. The number of benzene rings is 1. The quantitative estimate of drug-likeness (QED) is 0.792. The van der Waals surface area contributed by atoms with E-state index in [0.29, 0.717) is 11.5 Å². The van der Waals surface area contributed by atoms with Crippen LogP contribution >= 0.6 is 11.3 Å². The number of nitrogens with one attached hydrogen (secondary N) is 2. The summed E-state index contributed by atoms with van der Waals surface area (Å²) in [6, 6.07) is 9.03. The highest BCUT2D eigenvalue weighted by Crippen LogP contribution is 2.22. The maximum atomic E-state index is 11.8. The molecule has 0 aliphatic rings. The van der Waals surface area contributed by atoms with Crippen molar-refractivity contribution in [2.45, 2.75) is 19.9 Å². The molecule has 1 aromatic carbocycles. The SMILES string of the molecule is CCc1ccc(CNC(=O)Nc2sccc2C(=O)O)cc1. The standard InChI is InChI=1S/C15H16N2O3S/c1-2-10-3-5-11(6-4-10)9-16-15(20)17-13-12(14(18)19)7-8-21-13/h3-8H,2,9H2,1H3,(H,18,19)(H2,16,17,20). The summed E-state index contributed by atoms with van der Waals surface area (Å²) < 4.78 is 0. The van der Waals surface area contributed by atoms with Crippen LogP contribution in [0.3, 0.4) is 0 Å². The second-order valence-electron chi connectivity index (χ2n) is 4.45. The summed E-state index contributed by atoms with van der Waals surface area (Å²) in [6.07, 6.45) is 0.977. The van der Waals surface area contributed by atoms with Crippen LogP contribution in [-0.4, -0.2) is 17.1 Å². The molecule has 2 aromatic rings. The third-order valence-corrected chi connectivity index (χ3v) is 3.84. The van der Waals surface area contributed by atoms with Crippen molar-refractivity contribution >= 4 is 28.3 Å². The molecule has 21 heavy (non-hydrogen) atoms. The number of amides is 2. The highest BCUT2D eigenvalue weighted by Gasteiger charge is 2.13. The fraction of sp³-hybridized carbons (Fsp3) is 0.200. The van der Waals surface area contributed by atoms with Crippen LogP contribution in [0.1, 0.15) is 28.4 Å². The zero-order chi connectivity index (χ0) is 15.2. The van der Waals surface area contributed by atoms with Gasteiger partial charge in [-0.25, -0.2) is 9.59 Å². The summed E-state index contributed by atoms with van der Waals surface area (Å²) in [4.78, 5) is 22.7. The van der Waals surface area contributed by atoms with E-state index in [1.165, 1.54) is 23.0 Å². The molecule has 3 N–H and O–H groups in total. The van der Waals surface area contributed by atoms with Gasteiger partial charge < -0.3 is 10.4 Å². The Morgan fingerprint density at radius 2 is 1.81 bits per heavy atom. The smallest absolute Gasteiger partial charge is 0.338 e. The van der Waals surface area contributed by atoms with Gasteiger partial charge in [0.1, 0.15) is 5.00 Å². The van der Waals surface area contributed by atoms with Gasteiger partial charge in [0.15, 0.2) is 0 Å². The summed E-state index contributed by atoms with van der Waals surface area (Å²) in [7, 11) is 0. The van der Waals surface area contributed by atoms with Crippen LogP contribution in [0.15, 0.2) is 35.7 Å². The molecule has 0 spiro atoms. The first-order valence-electron chi connectivity index (χ1n) is 6.53. The van der Waals surface area contributed by atoms with Crippen molar-refractivity contribution in [2.75, 3.05) is 5.32 Å². The van der Waals surface area contributed by atoms with Gasteiger partial charge >= 0.3 is 12.0 Å². The molecule has 5 nitrogen and oxygen atoms in total. The maximum absolute atomic E-state index is 11.8. The van der Waals surface area contributed by atoms with Gasteiger partial charge in [-0.05, 0) is 29.0 Å². The van der Waals surface area contributed by atoms with Crippen molar-refractivity contribution in [1.82, 2.24) is 5.32 Å². The Morgan fingerprint density at radius 3 is 2.43 bits per heavy atom. The van der Waals surface area contributed by atoms with Crippen molar-refractivity contribution in [3.8, 4) is 0 Å². The number of rotatable bonds is 5. The first kappa shape index (κ1) is 15.1. The Bertz CT molecular complexity index is 635. The number of aryl methyl sites for hydroxylation is 1. The Balaban J connectivity index is 1.89. The van der Waals surface area contributed by atoms with Crippen LogP contribution < -0.4 is 10.6 Å². The van der Waals surface area contributed by atoms with Crippen LogP contribution in [0.4, 0.5) is 9.80 Å². The second-order valence-corrected chi connectivity index (χ2v) is 5.36. The average molecular weight is 304 g/mol. The van der Waals surface area contributed by atoms with Gasteiger partial charge in [-0.2, -0.15) is 0 Å². The van der Waals surface area contributed by atoms with Crippen molar-refractivity contribution in [2.24, 2.45) is 0 Å². The fourth-order valence-electron chi connectivity index (χ4n) is 1.80. The van der Waals surface area contributed by atoms with Gasteiger partial charge in [-0.3, -0.25) is 5.32 Å². The predicted molar refractivity (Wildman–Crippen MR) is 83.0 cm³/mol. The topological polar surface area (TPSA) is 78.4 Å². The number of urea groups is 1. The van der Waals surface area contributed by atoms with Gasteiger partial charge in [0.25, 0.3) is 0 Å². The number of hydrogen-bond acceptors (Lipinski definition) is 3. The van der Waals surface area contributed by atoms with Gasteiger partial charge in [-0.15, -0.1) is 11.3 Å². The maximum Gasteiger partial charge on any atom is 0.338 e. The van der Waals surface area contributed by atoms with Gasteiger partial charge in [0.05, 0.1) is 5.56 Å². The van der Waals surface area contributed by atoms with E-state index in [1.54, 1.807) is 5.38 Å². The van der Waals surface area contributed by atoms with Crippen LogP contribution in [0.25, 0.3) is 0 Å². The molecule has 0 atom stereocenters. The molecule has 1 aromatic heterocycles. The largest absolute Gasteiger partial charge is 0.478 e. The number of carboxylic acids is 1. The zero-order valence-electron chi connectivity index (χ0n) is 11.6. The van der Waals surface area contributed by atoms with E-state index in [4.69, 9.17) is 5.11 Å². The van der Waals surface area contributed by atoms with E-state index in [1.807, 2.05) is 24.3 Å². The molecule has 0 aliphatic heterocycles. The molecular formula is C15H16N2O3S. The van der Waals surface area contributed by atoms with E-state index >= 15 is 0 Å². The molecule has 1 heterocycles. The number of carboxylic acid groups (broad SMARTS) is 1. The van der Waals surface area contributed by atoms with Crippen molar-refractivity contribution in [1.29, 1.82) is 0 Å². The monoisotopic (exact) mass is 304 g/mol. The molecule has 2 amide bonds. The summed E-state index contributed by atoms with van der Waals surface area (Å²) >= 11 is 1.18. The predicted octanol–water partition coefficient (Wildman–Crippen LogP) is 3.33. The lowest BCUT2D eigenvalue weighted by atomic mass is 10.1. The van der Waals surface area contributed by atoms with Crippen LogP contribution in [0.2, 0.25) is 0 Å². The van der Waals surface area contributed by atoms with E-state index in [0.717, 1.165) is 12.0 Å². The summed E-state index contributed by atoms with van der Waals surface area (Å²) in [5.74, 6) is -1.05. The van der Waals surface area contributed by atoms with E-state index in [2.05, 4.69) is 17.6 Å². The molecule has 6 heteroatoms. The molecule has 0 saturated carbocycles. The lowest BCUT2D eigenvalue weighted by molar-refractivity contribution is 0.0698. The summed E-state index contributed by atoms with van der Waals surface area (Å²) in [6.45, 7) is 2.48. The van der Waals surface area contributed by atoms with Crippen molar-refractivity contribution in [3.63, 3.8) is 0 Å². The molecule has 2 rings (SSSR count). The molecule has 0 unspecified atom stereocenters. The molecule has 0 radical (unpaired) electrons. The highest BCUT2D eigenvalue weighted by molar-refractivity contribution is 7.14. The first-order chi connectivity index (χ1) is 10.1. The average Bonchev–Trinajstić information content (AvgIpc) is 2.94. The molecule has 0 saturated heterocycles. The third-order valence-electron chi connectivity index (χ3n) is 3.01. The fourth-order valence-corrected chi connectivity index (χ4v) is 2.57. The number of carbonyl (C=O) groups excluding carboxylic acids is 1. The zero-order valence-corrected chi connectivity index (χ0v) is 12.4. The Hall–Kier alpha value is -2.34. The first-order valence-corrected chi connectivity index (χ1v) is 7.41. The molecule has 0 bridgehead atoms. The Kier molecular flexibility index (Phi) is 4.94. The van der Waals surface area contributed by atoms with Crippen molar-refractivity contribution in [3.05, 3.63) is 52.4 Å². The summed E-state index contributed by atoms with van der Waals surface area (Å²) in [5.41, 5.74) is 2.34. The molecule has 0 aliphatic carbocycles. The highest BCUT2D eigenvalue weighted by atomic mass is 32.1. The van der Waals surface area contributed by atoms with E-state index < -0.39 is 12.0 Å². The van der Waals surface area contributed by atoms with Crippen LogP contribution in [0, 0.1) is 0 Å². The second kappa shape index (κ2) is 6.90. The number of thiophene rings is 1. The van der Waals surface area contributed by atoms with Gasteiger partial charge in [0.2, 0.25) is 0 Å². The Labute approximate surface area is 126 Å². The Morgan fingerprint density at radius 1 is 1.14 bits per heavy atom. The normalized spacial score (nSPS) is 10.1. The minimum atomic E-state index is -1.05. The number of hydrogen-bond donors (Lipinski definition) is 3.